The first-order chi connectivity index (χ1) is 9.43. The van der Waals surface area contributed by atoms with Crippen LogP contribution >= 0.6 is 31.9 Å². The van der Waals surface area contributed by atoms with Gasteiger partial charge in [0.2, 0.25) is 0 Å². The summed E-state index contributed by atoms with van der Waals surface area (Å²) in [6.45, 7) is 1.96. The Bertz CT molecular complexity index is 623. The number of anilines is 1. The number of hydrogen-bond acceptors (Lipinski definition) is 4. The van der Waals surface area contributed by atoms with Gasteiger partial charge in [-0.25, -0.2) is 0 Å². The van der Waals surface area contributed by atoms with E-state index in [9.17, 15) is 0 Å². The Hall–Kier alpha value is -0.890. The Morgan fingerprint density at radius 2 is 2.10 bits per heavy atom. The summed E-state index contributed by atoms with van der Waals surface area (Å²) in [4.78, 5) is 0. The molecule has 0 aliphatic carbocycles. The summed E-state index contributed by atoms with van der Waals surface area (Å²) in [5.74, 6) is 5.71. The van der Waals surface area contributed by atoms with Crippen LogP contribution in [-0.2, 0) is 13.5 Å². The summed E-state index contributed by atoms with van der Waals surface area (Å²) in [6.07, 6.45) is 0.690. The van der Waals surface area contributed by atoms with Gasteiger partial charge in [0.1, 0.15) is 0 Å². The molecule has 0 spiro atoms. The van der Waals surface area contributed by atoms with E-state index in [1.807, 2.05) is 36.9 Å². The van der Waals surface area contributed by atoms with Crippen LogP contribution in [0.3, 0.4) is 0 Å². The maximum atomic E-state index is 6.05. The highest BCUT2D eigenvalue weighted by molar-refractivity contribution is 9.10. The van der Waals surface area contributed by atoms with Gasteiger partial charge >= 0.3 is 0 Å². The second-order valence-corrected chi connectivity index (χ2v) is 6.37. The predicted octanol–water partition coefficient (Wildman–Crippen LogP) is 2.58. The summed E-state index contributed by atoms with van der Waals surface area (Å²) < 4.78 is 3.84. The molecule has 7 heteroatoms. The average molecular weight is 403 g/mol. The second kappa shape index (κ2) is 6.26. The van der Waals surface area contributed by atoms with Crippen LogP contribution in [0.15, 0.2) is 27.1 Å². The molecule has 0 bridgehead atoms. The minimum Gasteiger partial charge on any atom is -0.398 e. The van der Waals surface area contributed by atoms with Crippen LogP contribution in [0, 0.1) is 6.92 Å². The molecule has 1 atom stereocenters. The molecule has 0 saturated carbocycles. The molecule has 1 unspecified atom stereocenters. The molecule has 0 radical (unpaired) electrons. The first-order valence-electron chi connectivity index (χ1n) is 6.13. The fraction of sp³-hybridized carbons (Fsp3) is 0.308. The van der Waals surface area contributed by atoms with Crippen molar-refractivity contribution in [1.29, 1.82) is 0 Å². The van der Waals surface area contributed by atoms with Crippen molar-refractivity contribution in [3.05, 3.63) is 44.1 Å². The average Bonchev–Trinajstić information content (AvgIpc) is 2.65. The molecule has 108 valence electrons. The summed E-state index contributed by atoms with van der Waals surface area (Å²) >= 11 is 7.03. The van der Waals surface area contributed by atoms with Gasteiger partial charge in [0.25, 0.3) is 0 Å². The van der Waals surface area contributed by atoms with E-state index in [0.717, 1.165) is 25.9 Å². The van der Waals surface area contributed by atoms with Crippen LogP contribution in [0.2, 0.25) is 0 Å². The van der Waals surface area contributed by atoms with E-state index in [1.54, 1.807) is 0 Å². The number of nitrogens with one attached hydrogen (secondary N) is 1. The van der Waals surface area contributed by atoms with Crippen molar-refractivity contribution in [3.63, 3.8) is 0 Å². The van der Waals surface area contributed by atoms with Gasteiger partial charge < -0.3 is 5.73 Å². The van der Waals surface area contributed by atoms with Gasteiger partial charge in [-0.1, -0.05) is 15.9 Å². The molecule has 20 heavy (non-hydrogen) atoms. The Labute approximate surface area is 134 Å². The van der Waals surface area contributed by atoms with E-state index in [4.69, 9.17) is 11.6 Å². The van der Waals surface area contributed by atoms with E-state index in [-0.39, 0.29) is 6.04 Å². The zero-order valence-corrected chi connectivity index (χ0v) is 14.5. The zero-order valence-electron chi connectivity index (χ0n) is 11.3. The maximum Gasteiger partial charge on any atom is 0.0738 e. The van der Waals surface area contributed by atoms with E-state index < -0.39 is 0 Å². The Balaban J connectivity index is 2.36. The molecule has 0 aliphatic heterocycles. The molecule has 0 aliphatic rings. The van der Waals surface area contributed by atoms with Gasteiger partial charge in [-0.2, -0.15) is 5.10 Å². The molecule has 0 saturated heterocycles. The van der Waals surface area contributed by atoms with Crippen LogP contribution in [0.25, 0.3) is 0 Å². The second-order valence-electron chi connectivity index (χ2n) is 4.67. The smallest absolute Gasteiger partial charge is 0.0738 e. The third-order valence-electron chi connectivity index (χ3n) is 3.28. The number of benzene rings is 1. The lowest BCUT2D eigenvalue weighted by atomic mass is 10.0. The highest BCUT2D eigenvalue weighted by atomic mass is 79.9. The van der Waals surface area contributed by atoms with Gasteiger partial charge in [0, 0.05) is 23.6 Å². The van der Waals surface area contributed by atoms with Gasteiger partial charge in [0.05, 0.1) is 21.9 Å². The van der Waals surface area contributed by atoms with Crippen LogP contribution in [0.4, 0.5) is 5.69 Å². The highest BCUT2D eigenvalue weighted by Gasteiger charge is 2.19. The van der Waals surface area contributed by atoms with Gasteiger partial charge in [0.15, 0.2) is 0 Å². The lowest BCUT2D eigenvalue weighted by Gasteiger charge is -2.19. The first kappa shape index (κ1) is 15.5. The normalized spacial score (nSPS) is 12.7. The third-order valence-corrected chi connectivity index (χ3v) is 4.81. The fourth-order valence-electron chi connectivity index (χ4n) is 2.20. The number of hydrogen-bond donors (Lipinski definition) is 3. The molecular formula is C13H17Br2N5. The SMILES string of the molecule is Cc1nn(C)c(CC(NN)c2cc(Br)ccc2N)c1Br. The number of nitrogens with zero attached hydrogens (tertiary/aromatic N) is 2. The third kappa shape index (κ3) is 3.06. The van der Waals surface area contributed by atoms with Crippen molar-refractivity contribution in [1.82, 2.24) is 15.2 Å². The van der Waals surface area contributed by atoms with Crippen molar-refractivity contribution in [2.45, 2.75) is 19.4 Å². The number of aromatic nitrogens is 2. The molecule has 2 rings (SSSR count). The van der Waals surface area contributed by atoms with Crippen LogP contribution in [-0.4, -0.2) is 9.78 Å². The van der Waals surface area contributed by atoms with Gasteiger partial charge in [-0.05, 0) is 46.6 Å². The van der Waals surface area contributed by atoms with Crippen molar-refractivity contribution in [2.24, 2.45) is 12.9 Å². The summed E-state index contributed by atoms with van der Waals surface area (Å²) in [5, 5.41) is 4.39. The molecular weight excluding hydrogens is 386 g/mol. The molecule has 0 amide bonds. The summed E-state index contributed by atoms with van der Waals surface area (Å²) in [7, 11) is 1.92. The number of rotatable bonds is 4. The van der Waals surface area contributed by atoms with E-state index >= 15 is 0 Å². The summed E-state index contributed by atoms with van der Waals surface area (Å²) in [5.41, 5.74) is 12.6. The number of halogens is 2. The minimum atomic E-state index is -0.0846. The first-order valence-corrected chi connectivity index (χ1v) is 7.71. The molecule has 1 aromatic heterocycles. The molecule has 1 heterocycles. The molecule has 5 N–H and O–H groups in total. The quantitative estimate of drug-likeness (QED) is 0.417. The lowest BCUT2D eigenvalue weighted by molar-refractivity contribution is 0.530. The monoisotopic (exact) mass is 401 g/mol. The highest BCUT2D eigenvalue weighted by Crippen LogP contribution is 2.29. The van der Waals surface area contributed by atoms with Crippen LogP contribution in [0.1, 0.15) is 23.0 Å². The van der Waals surface area contributed by atoms with Crippen LogP contribution < -0.4 is 17.0 Å². The number of nitrogen functional groups attached to an aromatic ring is 1. The minimum absolute atomic E-state index is 0.0846. The Kier molecular flexibility index (Phi) is 4.85. The van der Waals surface area contributed by atoms with Crippen LogP contribution in [0.5, 0.6) is 0 Å². The van der Waals surface area contributed by atoms with Gasteiger partial charge in [-0.3, -0.25) is 16.0 Å². The van der Waals surface area contributed by atoms with Crippen molar-refractivity contribution >= 4 is 37.5 Å². The Morgan fingerprint density at radius 3 is 2.65 bits per heavy atom. The standard InChI is InChI=1S/C13H17Br2N5/c1-7-13(15)12(20(2)19-7)6-11(18-17)9-5-8(14)3-4-10(9)16/h3-5,11,18H,6,16-17H2,1-2H3. The molecule has 1 aromatic carbocycles. The lowest BCUT2D eigenvalue weighted by Crippen LogP contribution is -2.30. The number of nitrogens with two attached hydrogens (primary N) is 2. The predicted molar refractivity (Wildman–Crippen MR) is 88.0 cm³/mol. The number of aryl methyl sites for hydroxylation is 2. The summed E-state index contributed by atoms with van der Waals surface area (Å²) in [6, 6.07) is 5.68. The topological polar surface area (TPSA) is 81.9 Å². The van der Waals surface area contributed by atoms with E-state index in [1.165, 1.54) is 0 Å². The van der Waals surface area contributed by atoms with Crippen molar-refractivity contribution < 1.29 is 0 Å². The Morgan fingerprint density at radius 1 is 1.40 bits per heavy atom. The van der Waals surface area contributed by atoms with Gasteiger partial charge in [-0.15, -0.1) is 0 Å². The van der Waals surface area contributed by atoms with Crippen molar-refractivity contribution in [2.75, 3.05) is 5.73 Å². The van der Waals surface area contributed by atoms with E-state index in [2.05, 4.69) is 42.4 Å². The molecule has 2 aromatic rings. The van der Waals surface area contributed by atoms with E-state index in [0.29, 0.717) is 12.1 Å². The number of hydrazine groups is 1. The fourth-order valence-corrected chi connectivity index (χ4v) is 3.08. The largest absolute Gasteiger partial charge is 0.398 e. The molecule has 0 fully saturated rings. The zero-order chi connectivity index (χ0) is 14.9. The van der Waals surface area contributed by atoms with Crippen molar-refractivity contribution in [3.8, 4) is 0 Å². The maximum absolute atomic E-state index is 6.05. The molecule has 5 nitrogen and oxygen atoms in total.